The number of hydrogen-bond donors (Lipinski definition) is 4. The minimum Gasteiger partial charge on any atom is -0.481 e. The molecule has 15 aliphatic rings. The lowest BCUT2D eigenvalue weighted by molar-refractivity contribution is -0.491. The third-order valence-corrected chi connectivity index (χ3v) is 33.0. The van der Waals surface area contributed by atoms with Crippen LogP contribution in [0.1, 0.15) is 207 Å². The quantitative estimate of drug-likeness (QED) is 0.0946. The molecule has 5 amide bonds. The maximum absolute atomic E-state index is 12.8. The Hall–Kier alpha value is -7.45. The van der Waals surface area contributed by atoms with Crippen LogP contribution in [0.2, 0.25) is 0 Å². The molecular formula is C94H123N9O9S. The van der Waals surface area contributed by atoms with Gasteiger partial charge in [-0.2, -0.15) is 0 Å². The number of nitrogens with one attached hydrogen (secondary N) is 1. The summed E-state index contributed by atoms with van der Waals surface area (Å²) >= 11 is 1.92. The van der Waals surface area contributed by atoms with Crippen molar-refractivity contribution in [3.8, 4) is 0 Å². The number of nitro groups is 1. The van der Waals surface area contributed by atoms with E-state index in [2.05, 4.69) is 173 Å². The van der Waals surface area contributed by atoms with E-state index in [1.165, 1.54) is 93.9 Å². The average Bonchev–Trinajstić information content (AvgIpc) is 1.57. The van der Waals surface area contributed by atoms with E-state index < -0.39 is 11.9 Å². The standard InChI is InChI=1S/C20H26N2O3.C20H28N2O.C19H26N2O.C19H23NO3.C16H20N2OS/c1-12-7-15-5-4-6-21-19(23)9-18-16(11-22(24)25)14(3)10-20(18,21)17(15)8-13(12)2;1-12-7-15-5-4-6-22-19(23)9-18-16(11-21)14(3)10-20(18,22)17(15)8-13(12)2;1-12-5-6-16-14(8-12)4-3-7-21-18(22)9-17-15(11-20)13(2)10-19(16,17)21;1-11-5-6-14-13(8-11)4-3-7-20-16(21)9-15-17(18(22)23)12(2)10-19(14,15)20;1-11-2-3-13-14(8-11)20-7-6-18-15(19)9-12-10-17-5-4-16(12,13)18/h7-8,14,16,18H,4-6,9-11H2,1-3H3;7-8,14,16,18H,4-6,9-11,21H2,1-3H3;5-6,8,13,15,17H,3-4,7,9-11,20H2,1-2H3;5-6,8,12,15,17H,3-4,7,9-10H2,1-2H3,(H,22,23);2-3,8,12,17H,4-7,9-10H2,1H3/t2*14-,16+,18-,20?;13-,15+,17-,19?;12-,15-,17+,19?;12-,16+/m00000/s1. The van der Waals surface area contributed by atoms with Crippen molar-refractivity contribution in [2.45, 2.75) is 224 Å². The minimum atomic E-state index is -0.744. The van der Waals surface area contributed by atoms with Crippen molar-refractivity contribution in [3.63, 3.8) is 0 Å². The molecule has 4 aliphatic carbocycles. The molecular weight excluding hydrogens is 1430 g/mol. The maximum atomic E-state index is 12.8. The number of nitrogens with two attached hydrogens (primary N) is 2. The molecule has 113 heavy (non-hydrogen) atoms. The van der Waals surface area contributed by atoms with Gasteiger partial charge < -0.3 is 46.4 Å². The number of thioether (sulfide) groups is 1. The van der Waals surface area contributed by atoms with Crippen molar-refractivity contribution < 1.29 is 38.8 Å². The van der Waals surface area contributed by atoms with Crippen LogP contribution in [0.25, 0.3) is 0 Å². The molecule has 19 heteroatoms. The number of carbonyl (C=O) groups is 6. The van der Waals surface area contributed by atoms with Crippen LogP contribution < -0.4 is 16.8 Å². The third kappa shape index (κ3) is 12.6. The second-order valence-electron chi connectivity index (χ2n) is 37.8. The number of benzene rings is 5. The molecule has 18 nitrogen and oxygen atoms in total. The number of amides is 5. The van der Waals surface area contributed by atoms with Crippen LogP contribution in [-0.2, 0) is 82.1 Å². The SMILES string of the molecule is Cc1cc2c(cc1C)C13C[C@H](C)[C@@H](CN)[C@@H]1CC(=O)N3CCC2.Cc1cc2c(cc1C)C13C[C@H](C)[C@@H](C[N+](=O)[O-])[C@@H]1CC(=O)N3CCC2.Cc1ccc2c(c1)CCCN1C(=O)C[C@H]3[C@H](C(=O)O)[C@@H](C)CC231.Cc1ccc2c(c1)CCCN1C(=O)C[C@H]3[C@H](CN)[C@@H](C)CC231.Cc1ccc2c(c1)SCCN1C(=O)C[C@H]3CNCC[C@]231. The molecule has 11 heterocycles. The van der Waals surface area contributed by atoms with Crippen LogP contribution in [0.15, 0.2) is 83.8 Å². The van der Waals surface area contributed by atoms with Gasteiger partial charge >= 0.3 is 5.97 Å². The zero-order valence-electron chi connectivity index (χ0n) is 69.0. The summed E-state index contributed by atoms with van der Waals surface area (Å²) in [6.45, 7) is 31.5. The first-order chi connectivity index (χ1) is 54.1. The monoisotopic (exact) mass is 1550 g/mol. The van der Waals surface area contributed by atoms with E-state index in [0.29, 0.717) is 104 Å². The molecule has 4 saturated carbocycles. The number of nitrogens with zero attached hydrogens (tertiary/aromatic N) is 6. The summed E-state index contributed by atoms with van der Waals surface area (Å²) in [4.78, 5) is 98.5. The lowest BCUT2D eigenvalue weighted by Crippen LogP contribution is -2.53. The van der Waals surface area contributed by atoms with E-state index in [9.17, 15) is 44.0 Å². The summed E-state index contributed by atoms with van der Waals surface area (Å²) in [7, 11) is 0. The fourth-order valence-corrected chi connectivity index (χ4v) is 28.3. The summed E-state index contributed by atoms with van der Waals surface area (Å²) in [5.41, 5.74) is 32.8. The zero-order chi connectivity index (χ0) is 79.9. The number of hydrogen-bond acceptors (Lipinski definition) is 12. The number of carboxylic acid groups (broad SMARTS) is 1. The second-order valence-corrected chi connectivity index (χ2v) is 38.9. The lowest BCUT2D eigenvalue weighted by Gasteiger charge is -2.45. The first-order valence-electron chi connectivity index (χ1n) is 43.2. The molecule has 11 aliphatic heterocycles. The van der Waals surface area contributed by atoms with E-state index >= 15 is 0 Å². The Labute approximate surface area is 674 Å². The number of aryl methyl sites for hydroxylation is 11. The van der Waals surface area contributed by atoms with Crippen molar-refractivity contribution >= 4 is 47.3 Å². The summed E-state index contributed by atoms with van der Waals surface area (Å²) in [6, 6.07) is 29.5. The number of aliphatic carboxylic acids is 1. The van der Waals surface area contributed by atoms with E-state index in [4.69, 9.17) is 11.5 Å². The number of fused-ring (bicyclic) bond motifs is 5. The first-order valence-corrected chi connectivity index (χ1v) is 44.2. The highest BCUT2D eigenvalue weighted by molar-refractivity contribution is 7.99. The molecule has 18 atom stereocenters. The van der Waals surface area contributed by atoms with Crippen molar-refractivity contribution in [2.75, 3.05) is 71.2 Å². The number of piperidine rings is 1. The van der Waals surface area contributed by atoms with Crippen LogP contribution in [-0.4, -0.2) is 141 Å². The van der Waals surface area contributed by atoms with Gasteiger partial charge in [0.05, 0.1) is 33.6 Å². The van der Waals surface area contributed by atoms with Gasteiger partial charge in [0.25, 0.3) is 0 Å². The summed E-state index contributed by atoms with van der Waals surface area (Å²) in [5, 5.41) is 24.5. The molecule has 5 spiro atoms. The van der Waals surface area contributed by atoms with Crippen molar-refractivity contribution in [1.29, 1.82) is 0 Å². The topological polar surface area (TPSA) is 246 Å². The van der Waals surface area contributed by atoms with Gasteiger partial charge in [0, 0.05) is 111 Å². The molecule has 6 N–H and O–H groups in total. The van der Waals surface area contributed by atoms with Gasteiger partial charge in [0.2, 0.25) is 36.1 Å². The van der Waals surface area contributed by atoms with Crippen LogP contribution in [0.3, 0.4) is 0 Å². The molecule has 604 valence electrons. The van der Waals surface area contributed by atoms with Gasteiger partial charge in [0.15, 0.2) is 0 Å². The normalized spacial score (nSPS) is 34.8. The fraction of sp³-hybridized carbons (Fsp3) is 0.617. The Bertz CT molecular complexity index is 4660. The summed E-state index contributed by atoms with van der Waals surface area (Å²) in [5.74, 6) is 4.92. The molecule has 0 aromatic heterocycles. The molecule has 6 saturated heterocycles. The van der Waals surface area contributed by atoms with E-state index in [-0.39, 0.29) is 80.6 Å². The van der Waals surface area contributed by atoms with E-state index in [0.717, 1.165) is 135 Å². The highest BCUT2D eigenvalue weighted by Crippen LogP contribution is 2.65. The number of carboxylic acids is 1. The van der Waals surface area contributed by atoms with Crippen molar-refractivity contribution in [2.24, 2.45) is 88.4 Å². The van der Waals surface area contributed by atoms with Crippen molar-refractivity contribution in [3.05, 3.63) is 178 Å². The Kier molecular flexibility index (Phi) is 21.2. The number of carbonyl (C=O) groups excluding carboxylic acids is 5. The Morgan fingerprint density at radius 2 is 0.850 bits per heavy atom. The van der Waals surface area contributed by atoms with Gasteiger partial charge in [-0.15, -0.1) is 11.8 Å². The summed E-state index contributed by atoms with van der Waals surface area (Å²) < 4.78 is 0. The fourth-order valence-electron chi connectivity index (χ4n) is 27.1. The van der Waals surface area contributed by atoms with Gasteiger partial charge in [-0.25, -0.2) is 0 Å². The highest BCUT2D eigenvalue weighted by atomic mass is 32.2. The molecule has 5 aromatic rings. The predicted molar refractivity (Wildman–Crippen MR) is 441 cm³/mol. The molecule has 5 aromatic carbocycles. The van der Waals surface area contributed by atoms with Gasteiger partial charge in [-0.05, 0) is 283 Å². The summed E-state index contributed by atoms with van der Waals surface area (Å²) in [6.07, 6.45) is 16.1. The van der Waals surface area contributed by atoms with Crippen LogP contribution >= 0.6 is 11.8 Å². The van der Waals surface area contributed by atoms with Crippen LogP contribution in [0.5, 0.6) is 0 Å². The maximum Gasteiger partial charge on any atom is 0.307 e. The van der Waals surface area contributed by atoms with E-state index in [1.54, 1.807) is 0 Å². The molecule has 20 rings (SSSR count). The average molecular weight is 1560 g/mol. The zero-order valence-corrected chi connectivity index (χ0v) is 69.8. The van der Waals surface area contributed by atoms with Gasteiger partial charge in [-0.3, -0.25) is 38.9 Å². The Morgan fingerprint density at radius 1 is 0.478 bits per heavy atom. The second kappa shape index (κ2) is 30.2. The predicted octanol–water partition coefficient (Wildman–Crippen LogP) is 13.6. The van der Waals surface area contributed by atoms with Crippen LogP contribution in [0, 0.1) is 136 Å². The van der Waals surface area contributed by atoms with Crippen LogP contribution in [0.4, 0.5) is 0 Å². The first kappa shape index (κ1) is 79.4. The van der Waals surface area contributed by atoms with Gasteiger partial charge in [0.1, 0.15) is 0 Å². The molecule has 0 radical (unpaired) electrons. The largest absolute Gasteiger partial charge is 0.481 e. The minimum absolute atomic E-state index is 0.0171. The Balaban J connectivity index is 0.000000107. The van der Waals surface area contributed by atoms with Crippen molar-refractivity contribution in [1.82, 2.24) is 29.8 Å². The highest BCUT2D eigenvalue weighted by Gasteiger charge is 2.68. The number of rotatable bonds is 5. The smallest absolute Gasteiger partial charge is 0.307 e. The molecule has 10 fully saturated rings. The van der Waals surface area contributed by atoms with Gasteiger partial charge in [-0.1, -0.05) is 112 Å². The Morgan fingerprint density at radius 3 is 1.30 bits per heavy atom. The molecule has 0 bridgehead atoms. The third-order valence-electron chi connectivity index (χ3n) is 31.9. The lowest BCUT2D eigenvalue weighted by atomic mass is 9.74. The van der Waals surface area contributed by atoms with E-state index in [1.807, 2.05) is 23.6 Å². The molecule has 4 unspecified atom stereocenters.